The summed E-state index contributed by atoms with van der Waals surface area (Å²) in [5.41, 5.74) is 0.582. The van der Waals surface area contributed by atoms with Gasteiger partial charge >= 0.3 is 7.12 Å². The predicted molar refractivity (Wildman–Crippen MR) is 80.5 cm³/mol. The van der Waals surface area contributed by atoms with Crippen LogP contribution < -0.4 is 5.46 Å². The van der Waals surface area contributed by atoms with Gasteiger partial charge in [-0.05, 0) is 16.9 Å². The Morgan fingerprint density at radius 3 is 2.28 bits per heavy atom. The van der Waals surface area contributed by atoms with E-state index < -0.39 is 7.12 Å². The number of hydrogen-bond acceptors (Lipinski definition) is 3. The van der Waals surface area contributed by atoms with Gasteiger partial charge in [-0.1, -0.05) is 50.2 Å². The quantitative estimate of drug-likeness (QED) is 0.659. The minimum atomic E-state index is -1.41. The summed E-state index contributed by atoms with van der Waals surface area (Å²) in [6, 6.07) is 13.7. The Kier molecular flexibility index (Phi) is 4.02. The van der Waals surface area contributed by atoms with Crippen LogP contribution in [0.15, 0.2) is 42.5 Å². The van der Waals surface area contributed by atoms with Crippen molar-refractivity contribution in [2.45, 2.75) is 13.8 Å². The molecule has 0 aliphatic rings. The molecule has 0 unspecified atom stereocenters. The zero-order valence-electron chi connectivity index (χ0n) is 10.4. The van der Waals surface area contributed by atoms with Crippen LogP contribution in [0.25, 0.3) is 20.2 Å². The summed E-state index contributed by atoms with van der Waals surface area (Å²) in [5, 5.41) is 20.9. The minimum absolute atomic E-state index is 0.582. The second-order valence-electron chi connectivity index (χ2n) is 3.70. The molecule has 0 aliphatic carbocycles. The summed E-state index contributed by atoms with van der Waals surface area (Å²) in [6.07, 6.45) is 0. The van der Waals surface area contributed by atoms with Crippen molar-refractivity contribution >= 4 is 44.1 Å². The van der Waals surface area contributed by atoms with Crippen LogP contribution in [0.1, 0.15) is 13.8 Å². The second kappa shape index (κ2) is 5.52. The van der Waals surface area contributed by atoms with E-state index in [0.29, 0.717) is 5.46 Å². The fourth-order valence-corrected chi connectivity index (χ4v) is 3.21. The van der Waals surface area contributed by atoms with E-state index in [2.05, 4.69) is 6.07 Å². The average Bonchev–Trinajstić information content (AvgIpc) is 2.79. The normalized spacial score (nSPS) is 10.2. The molecule has 0 radical (unpaired) electrons. The summed E-state index contributed by atoms with van der Waals surface area (Å²) in [7, 11) is -1.41. The van der Waals surface area contributed by atoms with Crippen molar-refractivity contribution in [1.82, 2.24) is 0 Å². The van der Waals surface area contributed by atoms with E-state index in [1.807, 2.05) is 44.2 Å². The van der Waals surface area contributed by atoms with E-state index in [-0.39, 0.29) is 0 Å². The molecule has 0 saturated heterocycles. The highest BCUT2D eigenvalue weighted by Crippen LogP contribution is 2.32. The van der Waals surface area contributed by atoms with Crippen LogP contribution in [0.4, 0.5) is 0 Å². The molecule has 1 heterocycles. The number of thiophene rings is 1. The molecule has 1 aromatic heterocycles. The molecule has 4 heteroatoms. The van der Waals surface area contributed by atoms with Gasteiger partial charge in [0.1, 0.15) is 0 Å². The van der Waals surface area contributed by atoms with E-state index >= 15 is 0 Å². The van der Waals surface area contributed by atoms with Crippen LogP contribution in [0.5, 0.6) is 0 Å². The highest BCUT2D eigenvalue weighted by Gasteiger charge is 2.16. The lowest BCUT2D eigenvalue weighted by Gasteiger charge is -1.99. The monoisotopic (exact) mass is 258 g/mol. The Labute approximate surface area is 111 Å². The smallest absolute Gasteiger partial charge is 0.423 e. The van der Waals surface area contributed by atoms with Gasteiger partial charge in [0.2, 0.25) is 0 Å². The van der Waals surface area contributed by atoms with Crippen molar-refractivity contribution in [3.63, 3.8) is 0 Å². The predicted octanol–water partition coefficient (Wildman–Crippen LogP) is 2.76. The molecule has 92 valence electrons. The van der Waals surface area contributed by atoms with Crippen LogP contribution in [0.3, 0.4) is 0 Å². The standard InChI is InChI=1S/C12H9BO2S.C2H6/c14-13(15)10-6-3-5-9-8-4-1-2-7-11(8)16-12(9)10;1-2/h1-7,14-15H;1-2H3. The largest absolute Gasteiger partial charge is 0.489 e. The molecule has 0 amide bonds. The molecule has 0 fully saturated rings. The van der Waals surface area contributed by atoms with Crippen molar-refractivity contribution in [2.75, 3.05) is 0 Å². The van der Waals surface area contributed by atoms with Gasteiger partial charge in [0.25, 0.3) is 0 Å². The lowest BCUT2D eigenvalue weighted by molar-refractivity contribution is 0.426. The number of hydrogen-bond donors (Lipinski definition) is 2. The Balaban J connectivity index is 0.000000574. The van der Waals surface area contributed by atoms with E-state index in [1.54, 1.807) is 17.4 Å². The molecule has 2 nitrogen and oxygen atoms in total. The Hall–Kier alpha value is -1.36. The molecule has 18 heavy (non-hydrogen) atoms. The molecule has 2 N–H and O–H groups in total. The van der Waals surface area contributed by atoms with Gasteiger partial charge < -0.3 is 10.0 Å². The van der Waals surface area contributed by atoms with E-state index in [1.165, 1.54) is 10.1 Å². The third-order valence-corrected chi connectivity index (χ3v) is 3.95. The van der Waals surface area contributed by atoms with Crippen LogP contribution >= 0.6 is 11.3 Å². The fraction of sp³-hybridized carbons (Fsp3) is 0.143. The Morgan fingerprint density at radius 1 is 0.889 bits per heavy atom. The van der Waals surface area contributed by atoms with Crippen molar-refractivity contribution in [2.24, 2.45) is 0 Å². The van der Waals surface area contributed by atoms with Gasteiger partial charge in [-0.2, -0.15) is 0 Å². The van der Waals surface area contributed by atoms with Crippen molar-refractivity contribution in [3.05, 3.63) is 42.5 Å². The number of rotatable bonds is 1. The first-order valence-electron chi connectivity index (χ1n) is 6.03. The average molecular weight is 258 g/mol. The number of benzene rings is 2. The molecule has 3 rings (SSSR count). The van der Waals surface area contributed by atoms with Gasteiger partial charge in [-0.3, -0.25) is 0 Å². The zero-order chi connectivity index (χ0) is 13.1. The van der Waals surface area contributed by atoms with Gasteiger partial charge in [0.05, 0.1) is 0 Å². The second-order valence-corrected chi connectivity index (χ2v) is 4.75. The van der Waals surface area contributed by atoms with Crippen molar-refractivity contribution in [1.29, 1.82) is 0 Å². The van der Waals surface area contributed by atoms with Crippen LogP contribution in [-0.2, 0) is 0 Å². The Bertz CT molecular complexity index is 661. The summed E-state index contributed by atoms with van der Waals surface area (Å²) in [6.45, 7) is 4.00. The first-order valence-corrected chi connectivity index (χ1v) is 6.85. The first kappa shape index (κ1) is 13.1. The van der Waals surface area contributed by atoms with Gasteiger partial charge in [-0.15, -0.1) is 11.3 Å². The lowest BCUT2D eigenvalue weighted by atomic mass is 9.80. The van der Waals surface area contributed by atoms with E-state index in [4.69, 9.17) is 0 Å². The molecule has 0 saturated carbocycles. The van der Waals surface area contributed by atoms with Crippen molar-refractivity contribution in [3.8, 4) is 0 Å². The van der Waals surface area contributed by atoms with Crippen LogP contribution in [0, 0.1) is 0 Å². The Morgan fingerprint density at radius 2 is 1.56 bits per heavy atom. The maximum Gasteiger partial charge on any atom is 0.489 e. The molecule has 0 bridgehead atoms. The van der Waals surface area contributed by atoms with Gasteiger partial charge in [0.15, 0.2) is 0 Å². The summed E-state index contributed by atoms with van der Waals surface area (Å²) in [5.74, 6) is 0. The van der Waals surface area contributed by atoms with E-state index in [9.17, 15) is 10.0 Å². The summed E-state index contributed by atoms with van der Waals surface area (Å²) >= 11 is 1.60. The van der Waals surface area contributed by atoms with Crippen LogP contribution in [-0.4, -0.2) is 17.2 Å². The third-order valence-electron chi connectivity index (χ3n) is 2.71. The molecule has 0 spiro atoms. The minimum Gasteiger partial charge on any atom is -0.423 e. The van der Waals surface area contributed by atoms with E-state index in [0.717, 1.165) is 10.1 Å². The highest BCUT2D eigenvalue weighted by atomic mass is 32.1. The number of fused-ring (bicyclic) bond motifs is 3. The van der Waals surface area contributed by atoms with Gasteiger partial charge in [0, 0.05) is 14.8 Å². The molecule has 3 aromatic rings. The molecule has 2 aromatic carbocycles. The maximum atomic E-state index is 9.31. The van der Waals surface area contributed by atoms with Gasteiger partial charge in [-0.25, -0.2) is 0 Å². The SMILES string of the molecule is CC.OB(O)c1cccc2c1sc1ccccc12. The topological polar surface area (TPSA) is 40.5 Å². The van der Waals surface area contributed by atoms with Crippen molar-refractivity contribution < 1.29 is 10.0 Å². The molecular formula is C14H15BO2S. The van der Waals surface area contributed by atoms with Crippen LogP contribution in [0.2, 0.25) is 0 Å². The maximum absolute atomic E-state index is 9.31. The molecule has 0 aliphatic heterocycles. The lowest BCUT2D eigenvalue weighted by Crippen LogP contribution is -2.29. The summed E-state index contributed by atoms with van der Waals surface area (Å²) in [4.78, 5) is 0. The molecular weight excluding hydrogens is 243 g/mol. The molecule has 0 atom stereocenters. The first-order chi connectivity index (χ1) is 8.77. The summed E-state index contributed by atoms with van der Waals surface area (Å²) < 4.78 is 2.13. The third kappa shape index (κ3) is 2.15. The highest BCUT2D eigenvalue weighted by molar-refractivity contribution is 7.27. The zero-order valence-corrected chi connectivity index (χ0v) is 11.2. The fourth-order valence-electron chi connectivity index (χ4n) is 1.97.